The second-order valence-corrected chi connectivity index (χ2v) is 7.02. The number of hydrogen-bond acceptors (Lipinski definition) is 3. The summed E-state index contributed by atoms with van der Waals surface area (Å²) in [6.07, 6.45) is 5.62. The van der Waals surface area contributed by atoms with Crippen molar-refractivity contribution in [3.8, 4) is 0 Å². The van der Waals surface area contributed by atoms with Gasteiger partial charge in [-0.2, -0.15) is 5.10 Å². The molecule has 25 heavy (non-hydrogen) atoms. The van der Waals surface area contributed by atoms with Crippen molar-refractivity contribution >= 4 is 45.7 Å². The van der Waals surface area contributed by atoms with Gasteiger partial charge in [-0.15, -0.1) is 0 Å². The molecule has 2 aromatic heterocycles. The van der Waals surface area contributed by atoms with E-state index in [0.29, 0.717) is 27.5 Å². The summed E-state index contributed by atoms with van der Waals surface area (Å²) < 4.78 is 1.93. The predicted molar refractivity (Wildman–Crippen MR) is 99.6 cm³/mol. The quantitative estimate of drug-likeness (QED) is 0.648. The molecule has 3 N–H and O–H groups in total. The molecule has 0 bridgehead atoms. The molecule has 3 aromatic rings. The van der Waals surface area contributed by atoms with Crippen LogP contribution in [0.15, 0.2) is 30.6 Å². The van der Waals surface area contributed by atoms with Crippen LogP contribution in [0.1, 0.15) is 29.4 Å². The molecule has 0 unspecified atom stereocenters. The van der Waals surface area contributed by atoms with Gasteiger partial charge in [-0.3, -0.25) is 9.48 Å². The van der Waals surface area contributed by atoms with Gasteiger partial charge in [0.05, 0.1) is 22.9 Å². The Labute approximate surface area is 154 Å². The first-order valence-corrected chi connectivity index (χ1v) is 8.90. The van der Waals surface area contributed by atoms with Crippen LogP contribution in [0.3, 0.4) is 0 Å². The van der Waals surface area contributed by atoms with Gasteiger partial charge in [0, 0.05) is 22.1 Å². The highest BCUT2D eigenvalue weighted by molar-refractivity contribution is 6.38. The summed E-state index contributed by atoms with van der Waals surface area (Å²) in [6, 6.07) is 5.50. The zero-order chi connectivity index (χ0) is 17.4. The molecule has 1 fully saturated rings. The summed E-state index contributed by atoms with van der Waals surface area (Å²) in [7, 11) is 0. The van der Waals surface area contributed by atoms with E-state index in [1.165, 1.54) is 0 Å². The molecule has 6 nitrogen and oxygen atoms in total. The normalized spacial score (nSPS) is 15.6. The van der Waals surface area contributed by atoms with Crippen LogP contribution < -0.4 is 10.6 Å². The third kappa shape index (κ3) is 3.38. The van der Waals surface area contributed by atoms with Crippen LogP contribution in [0.5, 0.6) is 0 Å². The third-order valence-corrected chi connectivity index (χ3v) is 4.97. The van der Waals surface area contributed by atoms with E-state index in [0.717, 1.165) is 36.8 Å². The maximum Gasteiger partial charge on any atom is 0.272 e. The molecule has 0 aliphatic carbocycles. The van der Waals surface area contributed by atoms with Crippen LogP contribution >= 0.6 is 23.2 Å². The van der Waals surface area contributed by atoms with Gasteiger partial charge < -0.3 is 15.6 Å². The molecule has 1 aliphatic rings. The number of aromatic amines is 1. The van der Waals surface area contributed by atoms with Crippen LogP contribution in [-0.2, 0) is 0 Å². The minimum absolute atomic E-state index is 0.242. The molecule has 130 valence electrons. The summed E-state index contributed by atoms with van der Waals surface area (Å²) in [5, 5.41) is 12.4. The second-order valence-electron chi connectivity index (χ2n) is 6.18. The number of piperidine rings is 1. The van der Waals surface area contributed by atoms with E-state index in [1.54, 1.807) is 24.4 Å². The SMILES string of the molecule is O=C(Nc1cnn(C2CCNCC2)c1)c1cc2c(Cl)cc(Cl)cc2[nH]1. The maximum atomic E-state index is 12.5. The van der Waals surface area contributed by atoms with Crippen molar-refractivity contribution in [2.45, 2.75) is 18.9 Å². The van der Waals surface area contributed by atoms with Crippen LogP contribution in [0.2, 0.25) is 10.0 Å². The number of aromatic nitrogens is 3. The summed E-state index contributed by atoms with van der Waals surface area (Å²) in [4.78, 5) is 15.6. The largest absolute Gasteiger partial charge is 0.350 e. The Bertz CT molecular complexity index is 926. The zero-order valence-corrected chi connectivity index (χ0v) is 14.9. The number of hydrogen-bond donors (Lipinski definition) is 3. The molecule has 1 saturated heterocycles. The Morgan fingerprint density at radius 2 is 2.04 bits per heavy atom. The van der Waals surface area contributed by atoms with E-state index in [-0.39, 0.29) is 5.91 Å². The Morgan fingerprint density at radius 1 is 1.24 bits per heavy atom. The van der Waals surface area contributed by atoms with Gasteiger partial charge in [0.2, 0.25) is 0 Å². The number of nitrogens with one attached hydrogen (secondary N) is 3. The lowest BCUT2D eigenvalue weighted by Gasteiger charge is -2.22. The number of benzene rings is 1. The smallest absolute Gasteiger partial charge is 0.272 e. The third-order valence-electron chi connectivity index (χ3n) is 4.44. The fourth-order valence-electron chi connectivity index (χ4n) is 3.15. The van der Waals surface area contributed by atoms with Gasteiger partial charge in [-0.1, -0.05) is 23.2 Å². The number of anilines is 1. The van der Waals surface area contributed by atoms with Crippen LogP contribution in [0, 0.1) is 0 Å². The molecule has 1 aliphatic heterocycles. The Hall–Kier alpha value is -2.02. The minimum atomic E-state index is -0.242. The standard InChI is InChI=1S/C17H17Cl2N5O/c18-10-5-14(19)13-7-16(23-15(13)6-10)17(25)22-11-8-21-24(9-11)12-1-3-20-4-2-12/h5-9,12,20,23H,1-4H2,(H,22,25). The first kappa shape index (κ1) is 16.4. The van der Waals surface area contributed by atoms with Gasteiger partial charge in [0.1, 0.15) is 5.69 Å². The van der Waals surface area contributed by atoms with Gasteiger partial charge in [0.25, 0.3) is 5.91 Å². The second kappa shape index (κ2) is 6.71. The average molecular weight is 378 g/mol. The van der Waals surface area contributed by atoms with Crippen molar-refractivity contribution in [1.82, 2.24) is 20.1 Å². The number of fused-ring (bicyclic) bond motifs is 1. The van der Waals surface area contributed by atoms with E-state index < -0.39 is 0 Å². The van der Waals surface area contributed by atoms with Crippen molar-refractivity contribution in [3.05, 3.63) is 46.3 Å². The van der Waals surface area contributed by atoms with E-state index in [4.69, 9.17) is 23.2 Å². The molecule has 4 rings (SSSR count). The number of carbonyl (C=O) groups is 1. The molecule has 1 amide bonds. The Balaban J connectivity index is 1.52. The first-order valence-electron chi connectivity index (χ1n) is 8.14. The van der Waals surface area contributed by atoms with Gasteiger partial charge in [0.15, 0.2) is 0 Å². The van der Waals surface area contributed by atoms with Gasteiger partial charge in [-0.05, 0) is 44.1 Å². The highest BCUT2D eigenvalue weighted by Gasteiger charge is 2.17. The Kier molecular flexibility index (Phi) is 4.41. The van der Waals surface area contributed by atoms with E-state index in [1.807, 2.05) is 10.9 Å². The number of nitrogens with zero attached hydrogens (tertiary/aromatic N) is 2. The van der Waals surface area contributed by atoms with Crippen LogP contribution in [0.25, 0.3) is 10.9 Å². The number of amides is 1. The Morgan fingerprint density at radius 3 is 2.84 bits per heavy atom. The molecule has 0 atom stereocenters. The maximum absolute atomic E-state index is 12.5. The number of H-pyrrole nitrogens is 1. The highest BCUT2D eigenvalue weighted by atomic mass is 35.5. The van der Waals surface area contributed by atoms with Crippen molar-refractivity contribution in [3.63, 3.8) is 0 Å². The zero-order valence-electron chi connectivity index (χ0n) is 13.4. The van der Waals surface area contributed by atoms with E-state index in [9.17, 15) is 4.79 Å². The fourth-order valence-corrected chi connectivity index (χ4v) is 3.70. The first-order chi connectivity index (χ1) is 12.1. The summed E-state index contributed by atoms with van der Waals surface area (Å²) >= 11 is 12.2. The fraction of sp³-hybridized carbons (Fsp3) is 0.294. The molecule has 0 saturated carbocycles. The molecule has 0 radical (unpaired) electrons. The molecule has 1 aromatic carbocycles. The molecule has 8 heteroatoms. The van der Waals surface area contributed by atoms with E-state index in [2.05, 4.69) is 20.7 Å². The molecule has 3 heterocycles. The van der Waals surface area contributed by atoms with Crippen molar-refractivity contribution in [2.75, 3.05) is 18.4 Å². The van der Waals surface area contributed by atoms with Crippen LogP contribution in [-0.4, -0.2) is 33.8 Å². The summed E-state index contributed by atoms with van der Waals surface area (Å²) in [5.41, 5.74) is 1.83. The lowest BCUT2D eigenvalue weighted by molar-refractivity contribution is 0.102. The number of rotatable bonds is 3. The minimum Gasteiger partial charge on any atom is -0.350 e. The average Bonchev–Trinajstić information content (AvgIpc) is 3.22. The molecular formula is C17H17Cl2N5O. The van der Waals surface area contributed by atoms with Crippen molar-refractivity contribution < 1.29 is 4.79 Å². The van der Waals surface area contributed by atoms with Crippen molar-refractivity contribution in [1.29, 1.82) is 0 Å². The molecular weight excluding hydrogens is 361 g/mol. The number of halogens is 2. The highest BCUT2D eigenvalue weighted by Crippen LogP contribution is 2.28. The lowest BCUT2D eigenvalue weighted by Crippen LogP contribution is -2.29. The topological polar surface area (TPSA) is 74.7 Å². The predicted octanol–water partition coefficient (Wildman–Crippen LogP) is 3.85. The van der Waals surface area contributed by atoms with Gasteiger partial charge >= 0.3 is 0 Å². The van der Waals surface area contributed by atoms with Crippen molar-refractivity contribution in [2.24, 2.45) is 0 Å². The monoisotopic (exact) mass is 377 g/mol. The summed E-state index contributed by atoms with van der Waals surface area (Å²) in [6.45, 7) is 1.98. The van der Waals surface area contributed by atoms with E-state index >= 15 is 0 Å². The number of carbonyl (C=O) groups excluding carboxylic acids is 1. The lowest BCUT2D eigenvalue weighted by atomic mass is 10.1. The van der Waals surface area contributed by atoms with Crippen LogP contribution in [0.4, 0.5) is 5.69 Å². The molecule has 0 spiro atoms. The van der Waals surface area contributed by atoms with Gasteiger partial charge in [-0.25, -0.2) is 0 Å². The summed E-state index contributed by atoms with van der Waals surface area (Å²) in [5.74, 6) is -0.242.